The van der Waals surface area contributed by atoms with Gasteiger partial charge < -0.3 is 0 Å². The van der Waals surface area contributed by atoms with Crippen LogP contribution in [0.2, 0.25) is 0 Å². The van der Waals surface area contributed by atoms with E-state index in [0.717, 1.165) is 12.3 Å². The molecule has 1 rings (SSSR count). The lowest BCUT2D eigenvalue weighted by molar-refractivity contribution is 0.309. The Morgan fingerprint density at radius 2 is 2.10 bits per heavy atom. The van der Waals surface area contributed by atoms with Crippen molar-refractivity contribution in [2.75, 3.05) is 0 Å². The van der Waals surface area contributed by atoms with Crippen LogP contribution in [0.3, 0.4) is 0 Å². The van der Waals surface area contributed by atoms with E-state index >= 15 is 0 Å². The van der Waals surface area contributed by atoms with Gasteiger partial charge in [0.2, 0.25) is 0 Å². The third-order valence-corrected chi connectivity index (χ3v) is 2.52. The van der Waals surface area contributed by atoms with E-state index in [9.17, 15) is 0 Å². The summed E-state index contributed by atoms with van der Waals surface area (Å²) in [6.45, 7) is 4.49. The van der Waals surface area contributed by atoms with Gasteiger partial charge in [-0.05, 0) is 25.2 Å². The fourth-order valence-corrected chi connectivity index (χ4v) is 1.76. The Bertz CT molecular complexity index is 103. The third-order valence-electron chi connectivity index (χ3n) is 2.17. The predicted molar refractivity (Wildman–Crippen MR) is 45.3 cm³/mol. The summed E-state index contributed by atoms with van der Waals surface area (Å²) < 4.78 is 0. The number of hydrogen-bond acceptors (Lipinski definition) is 1. The first kappa shape index (κ1) is 8.35. The summed E-state index contributed by atoms with van der Waals surface area (Å²) in [6.07, 6.45) is 3.70. The van der Waals surface area contributed by atoms with Crippen molar-refractivity contribution in [2.24, 2.45) is 5.92 Å². The highest BCUT2D eigenvalue weighted by atomic mass is 35.5. The van der Waals surface area contributed by atoms with Crippen LogP contribution in [0, 0.1) is 5.92 Å². The summed E-state index contributed by atoms with van der Waals surface area (Å²) in [5, 5.41) is 3.38. The number of rotatable bonds is 1. The van der Waals surface area contributed by atoms with Gasteiger partial charge in [-0.25, -0.2) is 0 Å². The normalized spacial score (nSPS) is 34.8. The van der Waals surface area contributed by atoms with Gasteiger partial charge in [-0.1, -0.05) is 13.8 Å². The number of piperidine rings is 1. The molecule has 2 atom stereocenters. The van der Waals surface area contributed by atoms with Crippen LogP contribution in [-0.4, -0.2) is 11.5 Å². The second kappa shape index (κ2) is 3.59. The Morgan fingerprint density at radius 3 is 2.50 bits per heavy atom. The smallest absolute Gasteiger partial charge is 0.0827 e. The van der Waals surface area contributed by atoms with Gasteiger partial charge in [-0.3, -0.25) is 5.32 Å². The van der Waals surface area contributed by atoms with Crippen molar-refractivity contribution in [3.05, 3.63) is 0 Å². The first-order valence-electron chi connectivity index (χ1n) is 4.10. The van der Waals surface area contributed by atoms with Crippen molar-refractivity contribution in [1.82, 2.24) is 5.32 Å². The molecule has 1 nitrogen and oxygen atoms in total. The highest BCUT2D eigenvalue weighted by Crippen LogP contribution is 2.19. The Balaban J connectivity index is 2.32. The van der Waals surface area contributed by atoms with Gasteiger partial charge in [-0.15, -0.1) is 11.6 Å². The molecule has 1 saturated heterocycles. The summed E-state index contributed by atoms with van der Waals surface area (Å²) >= 11 is 5.94. The standard InChI is InChI=1S/C8H16ClN/c1-6(2)7-4-3-5-8(9)10-7/h6-8,10H,3-5H2,1-2H3. The lowest BCUT2D eigenvalue weighted by Crippen LogP contribution is -2.42. The monoisotopic (exact) mass is 161 g/mol. The molecule has 2 unspecified atom stereocenters. The van der Waals surface area contributed by atoms with Crippen molar-refractivity contribution >= 4 is 11.6 Å². The second-order valence-electron chi connectivity index (χ2n) is 3.42. The first-order valence-corrected chi connectivity index (χ1v) is 4.54. The molecule has 60 valence electrons. The second-order valence-corrected chi connectivity index (χ2v) is 3.94. The fourth-order valence-electron chi connectivity index (χ4n) is 1.44. The van der Waals surface area contributed by atoms with Gasteiger partial charge in [0.25, 0.3) is 0 Å². The Hall–Kier alpha value is 0.250. The molecule has 1 fully saturated rings. The number of halogens is 1. The quantitative estimate of drug-likeness (QED) is 0.460. The van der Waals surface area contributed by atoms with Crippen molar-refractivity contribution in [3.8, 4) is 0 Å². The maximum atomic E-state index is 5.94. The van der Waals surface area contributed by atoms with Crippen molar-refractivity contribution in [3.63, 3.8) is 0 Å². The van der Waals surface area contributed by atoms with Gasteiger partial charge in [0.05, 0.1) is 5.50 Å². The molecule has 0 radical (unpaired) electrons. The van der Waals surface area contributed by atoms with Crippen LogP contribution >= 0.6 is 11.6 Å². The fraction of sp³-hybridized carbons (Fsp3) is 1.00. The van der Waals surface area contributed by atoms with E-state index in [2.05, 4.69) is 19.2 Å². The van der Waals surface area contributed by atoms with Crippen LogP contribution in [0.1, 0.15) is 33.1 Å². The highest BCUT2D eigenvalue weighted by molar-refractivity contribution is 6.20. The van der Waals surface area contributed by atoms with Crippen LogP contribution in [0.15, 0.2) is 0 Å². The van der Waals surface area contributed by atoms with Gasteiger partial charge in [-0.2, -0.15) is 0 Å². The van der Waals surface area contributed by atoms with E-state index in [-0.39, 0.29) is 5.50 Å². The van der Waals surface area contributed by atoms with Gasteiger partial charge in [0.1, 0.15) is 0 Å². The van der Waals surface area contributed by atoms with Crippen LogP contribution < -0.4 is 5.32 Å². The molecular formula is C8H16ClN. The number of alkyl halides is 1. The van der Waals surface area contributed by atoms with E-state index in [1.807, 2.05) is 0 Å². The molecule has 0 aromatic rings. The molecule has 0 spiro atoms. The van der Waals surface area contributed by atoms with Crippen LogP contribution in [0.25, 0.3) is 0 Å². The molecule has 0 saturated carbocycles. The van der Waals surface area contributed by atoms with E-state index in [1.165, 1.54) is 12.8 Å². The molecule has 1 aliphatic heterocycles. The van der Waals surface area contributed by atoms with Gasteiger partial charge in [0.15, 0.2) is 0 Å². The highest BCUT2D eigenvalue weighted by Gasteiger charge is 2.20. The molecule has 0 aliphatic carbocycles. The Morgan fingerprint density at radius 1 is 1.40 bits per heavy atom. The zero-order chi connectivity index (χ0) is 7.56. The average molecular weight is 162 g/mol. The average Bonchev–Trinajstić information content (AvgIpc) is 1.88. The Labute approximate surface area is 68.1 Å². The lowest BCUT2D eigenvalue weighted by Gasteiger charge is -2.30. The summed E-state index contributed by atoms with van der Waals surface area (Å²) in [5.74, 6) is 0.724. The number of nitrogens with one attached hydrogen (secondary N) is 1. The molecule has 0 aromatic heterocycles. The largest absolute Gasteiger partial charge is 0.298 e. The van der Waals surface area contributed by atoms with Crippen LogP contribution in [-0.2, 0) is 0 Å². The van der Waals surface area contributed by atoms with Gasteiger partial charge >= 0.3 is 0 Å². The van der Waals surface area contributed by atoms with E-state index in [4.69, 9.17) is 11.6 Å². The van der Waals surface area contributed by atoms with Crippen LogP contribution in [0.5, 0.6) is 0 Å². The predicted octanol–water partition coefficient (Wildman–Crippen LogP) is 2.35. The number of hydrogen-bond donors (Lipinski definition) is 1. The lowest BCUT2D eigenvalue weighted by atomic mass is 9.95. The molecular weight excluding hydrogens is 146 g/mol. The maximum absolute atomic E-state index is 5.94. The Kier molecular flexibility index (Phi) is 2.99. The van der Waals surface area contributed by atoms with Crippen molar-refractivity contribution < 1.29 is 0 Å². The van der Waals surface area contributed by atoms with E-state index in [1.54, 1.807) is 0 Å². The molecule has 1 aliphatic rings. The van der Waals surface area contributed by atoms with Crippen LogP contribution in [0.4, 0.5) is 0 Å². The zero-order valence-electron chi connectivity index (χ0n) is 6.73. The minimum absolute atomic E-state index is 0.223. The topological polar surface area (TPSA) is 12.0 Å². The summed E-state index contributed by atoms with van der Waals surface area (Å²) in [6, 6.07) is 0.649. The molecule has 0 amide bonds. The minimum Gasteiger partial charge on any atom is -0.298 e. The SMILES string of the molecule is CC(C)C1CCCC(Cl)N1. The zero-order valence-corrected chi connectivity index (χ0v) is 7.49. The van der Waals surface area contributed by atoms with E-state index < -0.39 is 0 Å². The molecule has 0 aromatic carbocycles. The minimum atomic E-state index is 0.223. The van der Waals surface area contributed by atoms with Gasteiger partial charge in [0, 0.05) is 6.04 Å². The van der Waals surface area contributed by atoms with E-state index in [0.29, 0.717) is 6.04 Å². The maximum Gasteiger partial charge on any atom is 0.0827 e. The molecule has 0 bridgehead atoms. The summed E-state index contributed by atoms with van der Waals surface area (Å²) in [7, 11) is 0. The summed E-state index contributed by atoms with van der Waals surface area (Å²) in [4.78, 5) is 0. The van der Waals surface area contributed by atoms with Crippen molar-refractivity contribution in [2.45, 2.75) is 44.7 Å². The molecule has 1 N–H and O–H groups in total. The summed E-state index contributed by atoms with van der Waals surface area (Å²) in [5.41, 5.74) is 0.223. The van der Waals surface area contributed by atoms with Crippen molar-refractivity contribution in [1.29, 1.82) is 0 Å². The molecule has 1 heterocycles. The first-order chi connectivity index (χ1) is 4.70. The molecule has 2 heteroatoms. The molecule has 10 heavy (non-hydrogen) atoms. The third kappa shape index (κ3) is 2.14.